The summed E-state index contributed by atoms with van der Waals surface area (Å²) in [4.78, 5) is 1.47. The van der Waals surface area contributed by atoms with Gasteiger partial charge in [-0.15, -0.1) is 11.3 Å². The molecule has 0 bridgehead atoms. The monoisotopic (exact) mass is 245 g/mol. The molecule has 0 amide bonds. The van der Waals surface area contributed by atoms with Crippen LogP contribution in [0.5, 0.6) is 0 Å². The van der Waals surface area contributed by atoms with Gasteiger partial charge in [-0.2, -0.15) is 0 Å². The van der Waals surface area contributed by atoms with Gasteiger partial charge < -0.3 is 5.32 Å². The fraction of sp³-hybridized carbons (Fsp3) is 0.556. The molecule has 1 fully saturated rings. The minimum absolute atomic E-state index is 0.317. The van der Waals surface area contributed by atoms with Crippen molar-refractivity contribution in [3.63, 3.8) is 0 Å². The van der Waals surface area contributed by atoms with Gasteiger partial charge in [-0.25, -0.2) is 0 Å². The average Bonchev–Trinajstić information content (AvgIpc) is 2.79. The third-order valence-corrected chi connectivity index (χ3v) is 5.15. The predicted octanol–water partition coefficient (Wildman–Crippen LogP) is 3.03. The highest BCUT2D eigenvalue weighted by Gasteiger charge is 2.45. The predicted molar refractivity (Wildman–Crippen MR) is 56.7 cm³/mol. The van der Waals surface area contributed by atoms with Gasteiger partial charge >= 0.3 is 0 Å². The van der Waals surface area contributed by atoms with Crippen molar-refractivity contribution in [1.82, 2.24) is 5.32 Å². The SMILES string of the molecule is CNC1(c2scc(C)c2Br)CC1. The number of rotatable bonds is 2. The Bertz CT molecular complexity index is 301. The van der Waals surface area contributed by atoms with Gasteiger partial charge in [0.15, 0.2) is 0 Å². The second-order valence-corrected chi connectivity index (χ2v) is 5.07. The number of hydrogen-bond acceptors (Lipinski definition) is 2. The molecule has 1 aliphatic rings. The van der Waals surface area contributed by atoms with Gasteiger partial charge in [0.2, 0.25) is 0 Å². The van der Waals surface area contributed by atoms with Crippen molar-refractivity contribution < 1.29 is 0 Å². The molecule has 1 nitrogen and oxygen atoms in total. The van der Waals surface area contributed by atoms with Crippen LogP contribution < -0.4 is 5.32 Å². The van der Waals surface area contributed by atoms with E-state index < -0.39 is 0 Å². The van der Waals surface area contributed by atoms with Crippen molar-refractivity contribution in [2.24, 2.45) is 0 Å². The van der Waals surface area contributed by atoms with Crippen molar-refractivity contribution in [3.05, 3.63) is 20.3 Å². The van der Waals surface area contributed by atoms with Crippen LogP contribution in [0.4, 0.5) is 0 Å². The van der Waals surface area contributed by atoms with Crippen molar-refractivity contribution in [2.45, 2.75) is 25.3 Å². The first kappa shape index (κ1) is 8.73. The van der Waals surface area contributed by atoms with Crippen molar-refractivity contribution >= 4 is 27.3 Å². The first-order valence-electron chi connectivity index (χ1n) is 4.12. The fourth-order valence-electron chi connectivity index (χ4n) is 1.47. The van der Waals surface area contributed by atoms with E-state index in [2.05, 4.69) is 40.6 Å². The number of nitrogens with one attached hydrogen (secondary N) is 1. The van der Waals surface area contributed by atoms with Crippen molar-refractivity contribution in [1.29, 1.82) is 0 Å². The second-order valence-electron chi connectivity index (χ2n) is 3.39. The topological polar surface area (TPSA) is 12.0 Å². The maximum atomic E-state index is 3.64. The number of hydrogen-bond donors (Lipinski definition) is 1. The van der Waals surface area contributed by atoms with Crippen LogP contribution >= 0.6 is 27.3 Å². The molecular formula is C9H12BrNS. The van der Waals surface area contributed by atoms with Gasteiger partial charge in [0, 0.05) is 9.35 Å². The zero-order valence-corrected chi connectivity index (χ0v) is 9.68. The van der Waals surface area contributed by atoms with Gasteiger partial charge in [0.25, 0.3) is 0 Å². The third-order valence-electron chi connectivity index (χ3n) is 2.56. The Morgan fingerprint density at radius 3 is 2.58 bits per heavy atom. The van der Waals surface area contributed by atoms with Gasteiger partial charge in [-0.3, -0.25) is 0 Å². The average molecular weight is 246 g/mol. The summed E-state index contributed by atoms with van der Waals surface area (Å²) in [5.74, 6) is 0. The van der Waals surface area contributed by atoms with E-state index in [1.165, 1.54) is 27.8 Å². The second kappa shape index (κ2) is 2.82. The zero-order valence-electron chi connectivity index (χ0n) is 7.28. The highest BCUT2D eigenvalue weighted by molar-refractivity contribution is 9.10. The van der Waals surface area contributed by atoms with E-state index in [4.69, 9.17) is 0 Å². The van der Waals surface area contributed by atoms with Gasteiger partial charge in [-0.1, -0.05) is 0 Å². The lowest BCUT2D eigenvalue weighted by Gasteiger charge is -2.12. The highest BCUT2D eigenvalue weighted by atomic mass is 79.9. The summed E-state index contributed by atoms with van der Waals surface area (Å²) in [7, 11) is 2.05. The molecule has 66 valence electrons. The molecule has 0 atom stereocenters. The molecule has 1 saturated carbocycles. The summed E-state index contributed by atoms with van der Waals surface area (Å²) in [5, 5.41) is 5.62. The van der Waals surface area contributed by atoms with Gasteiger partial charge in [-0.05, 0) is 53.7 Å². The highest BCUT2D eigenvalue weighted by Crippen LogP contribution is 2.50. The van der Waals surface area contributed by atoms with E-state index in [9.17, 15) is 0 Å². The van der Waals surface area contributed by atoms with E-state index in [-0.39, 0.29) is 0 Å². The molecule has 1 N–H and O–H groups in total. The van der Waals surface area contributed by atoms with E-state index in [0.29, 0.717) is 5.54 Å². The van der Waals surface area contributed by atoms with Crippen LogP contribution in [0.15, 0.2) is 9.85 Å². The largest absolute Gasteiger partial charge is 0.310 e. The molecule has 3 heteroatoms. The van der Waals surface area contributed by atoms with Crippen molar-refractivity contribution in [3.8, 4) is 0 Å². The summed E-state index contributed by atoms with van der Waals surface area (Å²) in [6, 6.07) is 0. The summed E-state index contributed by atoms with van der Waals surface area (Å²) >= 11 is 5.50. The molecule has 1 heterocycles. The van der Waals surface area contributed by atoms with E-state index in [1.54, 1.807) is 0 Å². The molecule has 1 aromatic rings. The molecular weight excluding hydrogens is 234 g/mol. The summed E-state index contributed by atoms with van der Waals surface area (Å²) in [5.41, 5.74) is 1.68. The molecule has 2 rings (SSSR count). The van der Waals surface area contributed by atoms with Gasteiger partial charge in [0.1, 0.15) is 0 Å². The first-order valence-corrected chi connectivity index (χ1v) is 5.80. The number of aryl methyl sites for hydroxylation is 1. The van der Waals surface area contributed by atoms with Crippen molar-refractivity contribution in [2.75, 3.05) is 7.05 Å². The molecule has 0 aromatic carbocycles. The standard InChI is InChI=1S/C9H12BrNS/c1-6-5-12-8(7(6)10)9(11-2)3-4-9/h5,11H,3-4H2,1-2H3. The Balaban J connectivity index is 2.40. The van der Waals surface area contributed by atoms with Crippen LogP contribution in [0.25, 0.3) is 0 Å². The van der Waals surface area contributed by atoms with E-state index >= 15 is 0 Å². The first-order chi connectivity index (χ1) is 5.69. The Morgan fingerprint density at radius 2 is 2.25 bits per heavy atom. The van der Waals surface area contributed by atoms with Crippen LogP contribution in [0, 0.1) is 6.92 Å². The van der Waals surface area contributed by atoms with Crippen LogP contribution in [-0.2, 0) is 5.54 Å². The smallest absolute Gasteiger partial charge is 0.0539 e. The minimum Gasteiger partial charge on any atom is -0.310 e. The van der Waals surface area contributed by atoms with E-state index in [1.807, 2.05) is 11.3 Å². The lowest BCUT2D eigenvalue weighted by atomic mass is 10.2. The quantitative estimate of drug-likeness (QED) is 0.845. The normalized spacial score (nSPS) is 19.6. The molecule has 1 aromatic heterocycles. The number of halogens is 1. The molecule has 1 aliphatic carbocycles. The third kappa shape index (κ3) is 1.15. The molecule has 12 heavy (non-hydrogen) atoms. The summed E-state index contributed by atoms with van der Waals surface area (Å²) in [6.45, 7) is 2.15. The molecule has 0 saturated heterocycles. The molecule has 0 aliphatic heterocycles. The van der Waals surface area contributed by atoms with Crippen LogP contribution in [0.3, 0.4) is 0 Å². The van der Waals surface area contributed by atoms with Crippen LogP contribution in [0.1, 0.15) is 23.3 Å². The fourth-order valence-corrected chi connectivity index (χ4v) is 3.60. The minimum atomic E-state index is 0.317. The Kier molecular flexibility index (Phi) is 2.05. The molecule has 0 unspecified atom stereocenters. The molecule has 0 radical (unpaired) electrons. The summed E-state index contributed by atoms with van der Waals surface area (Å²) < 4.78 is 1.30. The van der Waals surface area contributed by atoms with Crippen LogP contribution in [-0.4, -0.2) is 7.05 Å². The summed E-state index contributed by atoms with van der Waals surface area (Å²) in [6.07, 6.45) is 2.56. The Hall–Kier alpha value is 0.140. The number of thiophene rings is 1. The maximum Gasteiger partial charge on any atom is 0.0539 e. The van der Waals surface area contributed by atoms with Gasteiger partial charge in [0.05, 0.1) is 5.54 Å². The Morgan fingerprint density at radius 1 is 1.58 bits per heavy atom. The maximum absolute atomic E-state index is 3.64. The van der Waals surface area contributed by atoms with E-state index in [0.717, 1.165) is 0 Å². The molecule has 0 spiro atoms. The zero-order chi connectivity index (χ0) is 8.77. The van der Waals surface area contributed by atoms with Crippen LogP contribution in [0.2, 0.25) is 0 Å². The Labute approximate surface area is 85.3 Å². The lowest BCUT2D eigenvalue weighted by Crippen LogP contribution is -2.23. The lowest BCUT2D eigenvalue weighted by molar-refractivity contribution is 0.594.